The van der Waals surface area contributed by atoms with Crippen LogP contribution in [0.2, 0.25) is 0 Å². The largest absolute Gasteiger partial charge is 0.282 e. The second kappa shape index (κ2) is 5.84. The third-order valence-electron chi connectivity index (χ3n) is 2.77. The molecule has 0 aliphatic carbocycles. The second-order valence-electron chi connectivity index (χ2n) is 4.44. The van der Waals surface area contributed by atoms with E-state index in [1.165, 1.54) is 6.20 Å². The van der Waals surface area contributed by atoms with Crippen molar-refractivity contribution in [1.82, 2.24) is 4.98 Å². The molecule has 0 unspecified atom stereocenters. The van der Waals surface area contributed by atoms with Crippen molar-refractivity contribution in [2.24, 2.45) is 0 Å². The first-order valence-corrected chi connectivity index (χ1v) is 7.67. The zero-order chi connectivity index (χ0) is 13.7. The third-order valence-corrected chi connectivity index (χ3v) is 4.26. The van der Waals surface area contributed by atoms with Gasteiger partial charge in [0.1, 0.15) is 0 Å². The summed E-state index contributed by atoms with van der Waals surface area (Å²) in [5.41, 5.74) is 1.50. The molecule has 2 rings (SSSR count). The van der Waals surface area contributed by atoms with Gasteiger partial charge in [0, 0.05) is 6.20 Å². The van der Waals surface area contributed by atoms with Crippen molar-refractivity contribution >= 4 is 15.7 Å². The summed E-state index contributed by atoms with van der Waals surface area (Å²) in [6.45, 7) is 1.90. The Morgan fingerprint density at radius 1 is 1.16 bits per heavy atom. The molecule has 4 nitrogen and oxygen atoms in total. The van der Waals surface area contributed by atoms with Crippen LogP contribution in [-0.2, 0) is 10.0 Å². The average molecular weight is 276 g/mol. The van der Waals surface area contributed by atoms with Crippen molar-refractivity contribution in [3.8, 4) is 0 Å². The van der Waals surface area contributed by atoms with E-state index in [2.05, 4.69) is 9.71 Å². The lowest BCUT2D eigenvalue weighted by atomic mass is 10.0. The van der Waals surface area contributed by atoms with Gasteiger partial charge in [-0.3, -0.25) is 9.71 Å². The van der Waals surface area contributed by atoms with Gasteiger partial charge in [0.15, 0.2) is 0 Å². The molecule has 0 amide bonds. The van der Waals surface area contributed by atoms with E-state index < -0.39 is 10.0 Å². The van der Waals surface area contributed by atoms with Gasteiger partial charge >= 0.3 is 0 Å². The summed E-state index contributed by atoms with van der Waals surface area (Å²) in [6.07, 6.45) is 3.09. The number of anilines is 1. The number of hydrogen-bond donors (Lipinski definition) is 1. The summed E-state index contributed by atoms with van der Waals surface area (Å²) in [7, 11) is -3.37. The summed E-state index contributed by atoms with van der Waals surface area (Å²) in [5, 5.41) is 0. The molecule has 0 fully saturated rings. The van der Waals surface area contributed by atoms with Crippen LogP contribution in [0.3, 0.4) is 0 Å². The van der Waals surface area contributed by atoms with Gasteiger partial charge in [-0.2, -0.15) is 0 Å². The number of nitrogens with zero attached hydrogens (tertiary/aromatic N) is 1. The highest BCUT2D eigenvalue weighted by atomic mass is 32.2. The number of benzene rings is 1. The van der Waals surface area contributed by atoms with Crippen molar-refractivity contribution in [2.45, 2.75) is 12.8 Å². The lowest BCUT2D eigenvalue weighted by molar-refractivity contribution is 0.595. The molecule has 0 aliphatic rings. The molecule has 0 saturated carbocycles. The predicted molar refractivity (Wildman–Crippen MR) is 76.5 cm³/mol. The minimum absolute atomic E-state index is 0.0475. The topological polar surface area (TPSA) is 59.1 Å². The quantitative estimate of drug-likeness (QED) is 0.913. The van der Waals surface area contributed by atoms with E-state index in [4.69, 9.17) is 0 Å². The first-order chi connectivity index (χ1) is 9.07. The van der Waals surface area contributed by atoms with Gasteiger partial charge < -0.3 is 0 Å². The first-order valence-electron chi connectivity index (χ1n) is 6.02. The molecule has 1 heterocycles. The molecule has 5 heteroatoms. The SMILES string of the molecule is C[C@H](CS(=O)(=O)Nc1cccnc1)c1ccccc1. The van der Waals surface area contributed by atoms with Gasteiger partial charge in [0.2, 0.25) is 10.0 Å². The standard InChI is InChI=1S/C14H16N2O2S/c1-12(13-6-3-2-4-7-13)11-19(17,18)16-14-8-5-9-15-10-14/h2-10,12,16H,11H2,1H3/t12-/m1/s1. The molecule has 19 heavy (non-hydrogen) atoms. The van der Waals surface area contributed by atoms with Crippen LogP contribution in [0, 0.1) is 0 Å². The Balaban J connectivity index is 2.06. The van der Waals surface area contributed by atoms with Gasteiger partial charge in [-0.05, 0) is 23.6 Å². The fourth-order valence-electron chi connectivity index (χ4n) is 1.85. The monoisotopic (exact) mass is 276 g/mol. The number of hydrogen-bond acceptors (Lipinski definition) is 3. The summed E-state index contributed by atoms with van der Waals surface area (Å²) in [4.78, 5) is 3.88. The van der Waals surface area contributed by atoms with Crippen molar-refractivity contribution in [3.63, 3.8) is 0 Å². The normalized spacial score (nSPS) is 12.9. The lowest BCUT2D eigenvalue weighted by Gasteiger charge is -2.13. The molecule has 0 aliphatic heterocycles. The maximum absolute atomic E-state index is 12.0. The van der Waals surface area contributed by atoms with Gasteiger partial charge in [0.25, 0.3) is 0 Å². The molecule has 0 radical (unpaired) electrons. The van der Waals surface area contributed by atoms with E-state index in [0.717, 1.165) is 5.56 Å². The molecular weight excluding hydrogens is 260 g/mol. The number of rotatable bonds is 5. The third kappa shape index (κ3) is 4.06. The summed E-state index contributed by atoms with van der Waals surface area (Å²) in [5.74, 6) is -0.0123. The Hall–Kier alpha value is -1.88. The summed E-state index contributed by atoms with van der Waals surface area (Å²) < 4.78 is 26.6. The van der Waals surface area contributed by atoms with Crippen LogP contribution in [0.5, 0.6) is 0 Å². The molecule has 1 aromatic heterocycles. The van der Waals surface area contributed by atoms with Crippen molar-refractivity contribution in [2.75, 3.05) is 10.5 Å². The number of sulfonamides is 1. The Bertz CT molecular complexity index is 612. The number of pyridine rings is 1. The molecule has 1 atom stereocenters. The number of nitrogens with one attached hydrogen (secondary N) is 1. The highest BCUT2D eigenvalue weighted by Crippen LogP contribution is 2.18. The van der Waals surface area contributed by atoms with E-state index in [0.29, 0.717) is 5.69 Å². The smallest absolute Gasteiger partial charge is 0.233 e. The maximum Gasteiger partial charge on any atom is 0.233 e. The fraction of sp³-hybridized carbons (Fsp3) is 0.214. The van der Waals surface area contributed by atoms with E-state index in [-0.39, 0.29) is 11.7 Å². The van der Waals surface area contributed by atoms with Gasteiger partial charge in [-0.25, -0.2) is 8.42 Å². The molecule has 0 spiro atoms. The van der Waals surface area contributed by atoms with Crippen molar-refractivity contribution in [1.29, 1.82) is 0 Å². The first kappa shape index (κ1) is 13.5. The molecular formula is C14H16N2O2S. The Kier molecular flexibility index (Phi) is 4.16. The van der Waals surface area contributed by atoms with E-state index >= 15 is 0 Å². The van der Waals surface area contributed by atoms with Crippen LogP contribution < -0.4 is 4.72 Å². The van der Waals surface area contributed by atoms with Gasteiger partial charge in [-0.1, -0.05) is 37.3 Å². The van der Waals surface area contributed by atoms with E-state index in [9.17, 15) is 8.42 Å². The summed E-state index contributed by atoms with van der Waals surface area (Å²) >= 11 is 0. The highest BCUT2D eigenvalue weighted by Gasteiger charge is 2.17. The maximum atomic E-state index is 12.0. The van der Waals surface area contributed by atoms with Crippen LogP contribution >= 0.6 is 0 Å². The highest BCUT2D eigenvalue weighted by molar-refractivity contribution is 7.92. The van der Waals surface area contributed by atoms with Crippen LogP contribution in [0.1, 0.15) is 18.4 Å². The zero-order valence-electron chi connectivity index (χ0n) is 10.7. The van der Waals surface area contributed by atoms with E-state index in [1.54, 1.807) is 18.3 Å². The fourth-order valence-corrected chi connectivity index (χ4v) is 3.27. The Morgan fingerprint density at radius 3 is 2.53 bits per heavy atom. The van der Waals surface area contributed by atoms with Gasteiger partial charge in [0.05, 0.1) is 17.6 Å². The van der Waals surface area contributed by atoms with Crippen molar-refractivity contribution in [3.05, 3.63) is 60.4 Å². The van der Waals surface area contributed by atoms with Crippen LogP contribution in [-0.4, -0.2) is 19.2 Å². The van der Waals surface area contributed by atoms with Crippen LogP contribution in [0.25, 0.3) is 0 Å². The van der Waals surface area contributed by atoms with Gasteiger partial charge in [-0.15, -0.1) is 0 Å². The molecule has 1 N–H and O–H groups in total. The number of aromatic nitrogens is 1. The zero-order valence-corrected chi connectivity index (χ0v) is 11.5. The molecule has 0 saturated heterocycles. The minimum Gasteiger partial charge on any atom is -0.282 e. The minimum atomic E-state index is -3.37. The van der Waals surface area contributed by atoms with Crippen molar-refractivity contribution < 1.29 is 8.42 Å². The predicted octanol–water partition coefficient (Wildman–Crippen LogP) is 2.63. The molecule has 100 valence electrons. The Morgan fingerprint density at radius 2 is 1.89 bits per heavy atom. The Labute approximate surface area is 113 Å². The lowest BCUT2D eigenvalue weighted by Crippen LogP contribution is -2.20. The average Bonchev–Trinajstić information content (AvgIpc) is 2.39. The van der Waals surface area contributed by atoms with E-state index in [1.807, 2.05) is 37.3 Å². The molecule has 2 aromatic rings. The summed E-state index contributed by atoms with van der Waals surface area (Å²) in [6, 6.07) is 13.0. The molecule has 1 aromatic carbocycles. The second-order valence-corrected chi connectivity index (χ2v) is 6.20. The van der Waals surface area contributed by atoms with Crippen LogP contribution in [0.15, 0.2) is 54.9 Å². The molecule has 0 bridgehead atoms. The van der Waals surface area contributed by atoms with Crippen LogP contribution in [0.4, 0.5) is 5.69 Å².